The van der Waals surface area contributed by atoms with Crippen LogP contribution in [-0.4, -0.2) is 22.8 Å². The van der Waals surface area contributed by atoms with E-state index < -0.39 is 39.0 Å². The van der Waals surface area contributed by atoms with E-state index in [4.69, 9.17) is 209 Å². The summed E-state index contributed by atoms with van der Waals surface area (Å²) in [6.45, 7) is 2.23. The van der Waals surface area contributed by atoms with Crippen LogP contribution in [-0.2, 0) is 0 Å². The van der Waals surface area contributed by atoms with Crippen molar-refractivity contribution in [3.63, 3.8) is 0 Å². The zero-order valence-electron chi connectivity index (χ0n) is 13.3. The molecule has 0 saturated carbocycles. The predicted octanol–water partition coefficient (Wildman–Crippen LogP) is 12.2. The maximum Gasteiger partial charge on any atom is 0.204 e. The van der Waals surface area contributed by atoms with Gasteiger partial charge in [0.25, 0.3) is 0 Å². The molecular weight excluding hydrogens is 770 g/mol. The van der Waals surface area contributed by atoms with Crippen molar-refractivity contribution >= 4 is 209 Å². The fraction of sp³-hybridized carbons (Fsp3) is 1.00. The summed E-state index contributed by atoms with van der Waals surface area (Å²) in [5, 5.41) is 0. The number of hydrogen-bond acceptors (Lipinski definition) is 0. The first kappa shape index (κ1) is 34.2. The molecule has 0 amide bonds. The molecule has 0 atom stereocenters. The summed E-state index contributed by atoms with van der Waals surface area (Å²) in [6.07, 6.45) is 0. The molecule has 0 bridgehead atoms. The van der Waals surface area contributed by atoms with Crippen LogP contribution in [0.25, 0.3) is 0 Å². The molecule has 0 aromatic carbocycles. The average Bonchev–Trinajstić information content (AvgIpc) is 2.12. The summed E-state index contributed by atoms with van der Waals surface area (Å²) in [7, 11) is 0. The highest BCUT2D eigenvalue weighted by Crippen LogP contribution is 2.84. The molecule has 0 N–H and O–H groups in total. The highest BCUT2D eigenvalue weighted by atomic mass is 35.6. The zero-order chi connectivity index (χ0) is 24.5. The second-order valence-electron chi connectivity index (χ2n) is 6.11. The molecule has 0 fully saturated rings. The highest BCUT2D eigenvalue weighted by Gasteiger charge is 2.88. The maximum atomic E-state index is 6.20. The molecule has 0 spiro atoms. The van der Waals surface area contributed by atoms with Crippen molar-refractivity contribution in [2.75, 3.05) is 0 Å². The van der Waals surface area contributed by atoms with Gasteiger partial charge in [-0.2, -0.15) is 0 Å². The summed E-state index contributed by atoms with van der Waals surface area (Å²) >= 11 is 112. The average molecular weight is 776 g/mol. The largest absolute Gasteiger partial charge is 0.204 e. The van der Waals surface area contributed by atoms with Crippen LogP contribution in [0.5, 0.6) is 0 Å². The van der Waals surface area contributed by atoms with E-state index in [1.165, 1.54) is 0 Å². The van der Waals surface area contributed by atoms with E-state index in [-0.39, 0.29) is 0 Å². The van der Waals surface area contributed by atoms with Gasteiger partial charge in [0.15, 0.2) is 0 Å². The quantitative estimate of drug-likeness (QED) is 0.245. The van der Waals surface area contributed by atoms with E-state index in [2.05, 4.69) is 0 Å². The van der Waals surface area contributed by atoms with Crippen LogP contribution < -0.4 is 0 Å². The number of hydrogen-bond donors (Lipinski definition) is 0. The van der Waals surface area contributed by atoms with Crippen molar-refractivity contribution in [3.05, 3.63) is 0 Å². The van der Waals surface area contributed by atoms with Crippen LogP contribution in [0.15, 0.2) is 0 Å². The van der Waals surface area contributed by atoms with Crippen molar-refractivity contribution in [1.29, 1.82) is 0 Å². The van der Waals surface area contributed by atoms with Gasteiger partial charge in [0, 0.05) is 5.41 Å². The topological polar surface area (TPSA) is 0 Å². The Balaban J connectivity index is 8.22. The standard InChI is InChI=1S/C11H6Cl18/c1-3(2,4(6(12,13)14,7(15,16)17)8(18,19)20)5(9(21,22)23,10(24,25)26)11(27,28)29/h1-2H3. The minimum Gasteiger partial charge on any atom is -0.0827 e. The van der Waals surface area contributed by atoms with E-state index in [0.717, 1.165) is 13.8 Å². The van der Waals surface area contributed by atoms with Gasteiger partial charge in [-0.25, -0.2) is 0 Å². The van der Waals surface area contributed by atoms with Gasteiger partial charge in [-0.05, 0) is 0 Å². The molecule has 29 heavy (non-hydrogen) atoms. The fourth-order valence-corrected chi connectivity index (χ4v) is 15.3. The number of alkyl halides is 18. The first-order valence-corrected chi connectivity index (χ1v) is 13.2. The number of rotatable bonds is 2. The number of halogens is 18. The Labute approximate surface area is 258 Å². The lowest BCUT2D eigenvalue weighted by atomic mass is 9.54. The summed E-state index contributed by atoms with van der Waals surface area (Å²) < 4.78 is -16.7. The van der Waals surface area contributed by atoms with E-state index in [1.807, 2.05) is 0 Å². The van der Waals surface area contributed by atoms with Crippen LogP contribution in [0.1, 0.15) is 13.8 Å². The molecule has 0 aliphatic heterocycles. The summed E-state index contributed by atoms with van der Waals surface area (Å²) in [6, 6.07) is 0. The molecule has 0 rings (SSSR count). The molecule has 0 aromatic rings. The van der Waals surface area contributed by atoms with E-state index >= 15 is 0 Å². The van der Waals surface area contributed by atoms with Crippen molar-refractivity contribution in [1.82, 2.24) is 0 Å². The lowest BCUT2D eigenvalue weighted by molar-refractivity contribution is -0.0538. The van der Waals surface area contributed by atoms with Gasteiger partial charge >= 0.3 is 0 Å². The second kappa shape index (κ2) is 9.83. The molecule has 0 unspecified atom stereocenters. The Morgan fingerprint density at radius 1 is 0.276 bits per heavy atom. The molecular formula is C11H6Cl18. The molecule has 0 radical (unpaired) electrons. The molecule has 0 aliphatic rings. The molecule has 0 aliphatic carbocycles. The normalized spacial score (nSPS) is 17.0. The van der Waals surface area contributed by atoms with E-state index in [1.54, 1.807) is 0 Å². The fourth-order valence-electron chi connectivity index (χ4n) is 3.37. The Morgan fingerprint density at radius 3 is 0.448 bits per heavy atom. The van der Waals surface area contributed by atoms with Gasteiger partial charge in [-0.15, -0.1) is 0 Å². The Kier molecular flexibility index (Phi) is 11.6. The Morgan fingerprint density at radius 2 is 0.379 bits per heavy atom. The summed E-state index contributed by atoms with van der Waals surface area (Å²) in [5.41, 5.74) is -7.96. The molecule has 0 nitrogen and oxygen atoms in total. The van der Waals surface area contributed by atoms with E-state index in [0.29, 0.717) is 0 Å². The zero-order valence-corrected chi connectivity index (χ0v) is 26.9. The van der Waals surface area contributed by atoms with Gasteiger partial charge in [0.05, 0.1) is 0 Å². The van der Waals surface area contributed by atoms with Crippen molar-refractivity contribution < 1.29 is 0 Å². The van der Waals surface area contributed by atoms with Gasteiger partial charge in [-0.1, -0.05) is 223 Å². The third-order valence-electron chi connectivity index (χ3n) is 4.43. The minimum absolute atomic E-state index is 1.12. The molecule has 176 valence electrons. The van der Waals surface area contributed by atoms with Crippen LogP contribution in [0, 0.1) is 16.2 Å². The molecule has 0 saturated heterocycles. The van der Waals surface area contributed by atoms with E-state index in [9.17, 15) is 0 Å². The second-order valence-corrected chi connectivity index (χ2v) is 19.8. The van der Waals surface area contributed by atoms with Gasteiger partial charge < -0.3 is 0 Å². The van der Waals surface area contributed by atoms with Gasteiger partial charge in [-0.3, -0.25) is 0 Å². The van der Waals surface area contributed by atoms with Crippen molar-refractivity contribution in [2.24, 2.45) is 16.2 Å². The van der Waals surface area contributed by atoms with Crippen molar-refractivity contribution in [3.8, 4) is 0 Å². The SMILES string of the molecule is CC(C)(C(C(Cl)(Cl)Cl)(C(Cl)(Cl)Cl)C(Cl)(Cl)Cl)C(C(Cl)(Cl)Cl)(C(Cl)(Cl)Cl)C(Cl)(Cl)Cl. The third-order valence-corrected chi connectivity index (χ3v) is 9.53. The van der Waals surface area contributed by atoms with Gasteiger partial charge in [0.2, 0.25) is 22.8 Å². The minimum atomic E-state index is -2.81. The van der Waals surface area contributed by atoms with Crippen LogP contribution in [0.2, 0.25) is 0 Å². The maximum absolute atomic E-state index is 6.20. The lowest BCUT2D eigenvalue weighted by Gasteiger charge is -2.67. The first-order chi connectivity index (χ1) is 12.0. The van der Waals surface area contributed by atoms with Crippen LogP contribution in [0.3, 0.4) is 0 Å². The Hall–Kier alpha value is 5.22. The Bertz CT molecular complexity index is 460. The lowest BCUT2D eigenvalue weighted by Crippen LogP contribution is -2.75. The predicted molar refractivity (Wildman–Crippen MR) is 140 cm³/mol. The highest BCUT2D eigenvalue weighted by molar-refractivity contribution is 6.80. The molecule has 0 aromatic heterocycles. The molecule has 18 heteroatoms. The van der Waals surface area contributed by atoms with Crippen LogP contribution >= 0.6 is 209 Å². The molecule has 0 heterocycles. The summed E-state index contributed by atoms with van der Waals surface area (Å²) in [4.78, 5) is 0. The first-order valence-electron chi connectivity index (χ1n) is 6.40. The summed E-state index contributed by atoms with van der Waals surface area (Å²) in [5.74, 6) is 0. The van der Waals surface area contributed by atoms with Gasteiger partial charge in [0.1, 0.15) is 10.8 Å². The van der Waals surface area contributed by atoms with Crippen LogP contribution in [0.4, 0.5) is 0 Å². The monoisotopic (exact) mass is 767 g/mol. The van der Waals surface area contributed by atoms with Crippen molar-refractivity contribution in [2.45, 2.75) is 36.6 Å². The smallest absolute Gasteiger partial charge is 0.0827 e. The third kappa shape index (κ3) is 5.43.